The van der Waals surface area contributed by atoms with Gasteiger partial charge in [0.15, 0.2) is 0 Å². The fourth-order valence-corrected chi connectivity index (χ4v) is 1.86. The Balaban J connectivity index is 2.01. The molecule has 0 aromatic rings. The molecule has 88 valence electrons. The third kappa shape index (κ3) is 6.69. The Bertz CT molecular complexity index is 195. The van der Waals surface area contributed by atoms with E-state index in [1.165, 1.54) is 38.8 Å². The fourth-order valence-electron chi connectivity index (χ4n) is 1.86. The molecule has 0 aromatic carbocycles. The summed E-state index contributed by atoms with van der Waals surface area (Å²) >= 11 is 0. The highest BCUT2D eigenvalue weighted by Crippen LogP contribution is 2.14. The van der Waals surface area contributed by atoms with E-state index in [9.17, 15) is 0 Å². The quantitative estimate of drug-likeness (QED) is 0.261. The van der Waals surface area contributed by atoms with Crippen molar-refractivity contribution >= 4 is 0 Å². The molecule has 0 spiro atoms. The molecule has 15 heavy (non-hydrogen) atoms. The Kier molecular flexibility index (Phi) is 5.34. The maximum Gasteiger partial charge on any atom is 0.130 e. The van der Waals surface area contributed by atoms with E-state index >= 15 is 0 Å². The van der Waals surface area contributed by atoms with Gasteiger partial charge in [-0.25, -0.2) is 0 Å². The van der Waals surface area contributed by atoms with Crippen molar-refractivity contribution in [3.63, 3.8) is 0 Å². The van der Waals surface area contributed by atoms with Gasteiger partial charge in [0.1, 0.15) is 12.6 Å². The molecule has 0 amide bonds. The first-order chi connectivity index (χ1) is 7.14. The molecule has 1 aliphatic rings. The molecule has 2 nitrogen and oxygen atoms in total. The van der Waals surface area contributed by atoms with Crippen LogP contribution in [0.3, 0.4) is 0 Å². The molecule has 2 heteroatoms. The van der Waals surface area contributed by atoms with E-state index in [4.69, 9.17) is 4.74 Å². The molecule has 0 aromatic heterocycles. The molecule has 1 fully saturated rings. The molecule has 0 aliphatic carbocycles. The first kappa shape index (κ1) is 12.7. The Hall–Kier alpha value is -0.340. The smallest absolute Gasteiger partial charge is 0.130 e. The summed E-state index contributed by atoms with van der Waals surface area (Å²) in [6.45, 7) is 5.65. The summed E-state index contributed by atoms with van der Waals surface area (Å²) in [6, 6.07) is 0. The van der Waals surface area contributed by atoms with E-state index < -0.39 is 0 Å². The van der Waals surface area contributed by atoms with Crippen molar-refractivity contribution in [1.82, 2.24) is 0 Å². The van der Waals surface area contributed by atoms with E-state index in [1.54, 1.807) is 0 Å². The van der Waals surface area contributed by atoms with Gasteiger partial charge in [-0.15, -0.1) is 0 Å². The zero-order chi connectivity index (χ0) is 11.1. The number of nitrogens with zero attached hydrogens (tertiary/aromatic N) is 1. The number of likely N-dealkylation sites (N-methyl/N-ethyl adjacent to an activating group) is 1. The fraction of sp³-hybridized carbons (Fsp3) is 0.846. The Labute approximate surface area is 94.5 Å². The SMILES string of the molecule is CCC/C=C/CCC[N+](C)(C)CC1CO1. The van der Waals surface area contributed by atoms with Crippen LogP contribution in [-0.2, 0) is 4.74 Å². The van der Waals surface area contributed by atoms with Crippen LogP contribution in [-0.4, -0.2) is 44.4 Å². The number of rotatable bonds is 8. The van der Waals surface area contributed by atoms with Crippen molar-refractivity contribution in [2.24, 2.45) is 0 Å². The van der Waals surface area contributed by atoms with E-state index in [0.29, 0.717) is 6.10 Å². The predicted octanol–water partition coefficient (Wildman–Crippen LogP) is 2.60. The normalized spacial score (nSPS) is 21.1. The second-order valence-electron chi connectivity index (χ2n) is 5.20. The van der Waals surface area contributed by atoms with Gasteiger partial charge in [-0.05, 0) is 19.3 Å². The lowest BCUT2D eigenvalue weighted by molar-refractivity contribution is -0.891. The highest BCUT2D eigenvalue weighted by molar-refractivity contribution is 4.80. The Morgan fingerprint density at radius 3 is 2.53 bits per heavy atom. The third-order valence-corrected chi connectivity index (χ3v) is 2.86. The van der Waals surface area contributed by atoms with Crippen LogP contribution in [0.25, 0.3) is 0 Å². The monoisotopic (exact) mass is 212 g/mol. The number of epoxide rings is 1. The zero-order valence-corrected chi connectivity index (χ0v) is 10.5. The number of unbranched alkanes of at least 4 members (excludes halogenated alkanes) is 2. The largest absolute Gasteiger partial charge is 0.367 e. The maximum absolute atomic E-state index is 5.27. The highest BCUT2D eigenvalue weighted by Gasteiger charge is 2.30. The number of allylic oxidation sites excluding steroid dienone is 2. The molecule has 0 N–H and O–H groups in total. The summed E-state index contributed by atoms with van der Waals surface area (Å²) < 4.78 is 6.38. The average molecular weight is 212 g/mol. The molecular weight excluding hydrogens is 186 g/mol. The predicted molar refractivity (Wildman–Crippen MR) is 64.9 cm³/mol. The Morgan fingerprint density at radius 2 is 1.93 bits per heavy atom. The van der Waals surface area contributed by atoms with Gasteiger partial charge in [0.05, 0.1) is 27.2 Å². The lowest BCUT2D eigenvalue weighted by Gasteiger charge is -2.28. The van der Waals surface area contributed by atoms with Crippen molar-refractivity contribution in [3.8, 4) is 0 Å². The van der Waals surface area contributed by atoms with Gasteiger partial charge in [0.2, 0.25) is 0 Å². The van der Waals surface area contributed by atoms with Gasteiger partial charge in [0.25, 0.3) is 0 Å². The zero-order valence-electron chi connectivity index (χ0n) is 10.5. The van der Waals surface area contributed by atoms with E-state index in [2.05, 4.69) is 33.2 Å². The number of hydrogen-bond acceptors (Lipinski definition) is 1. The average Bonchev–Trinajstić information content (AvgIpc) is 2.94. The summed E-state index contributed by atoms with van der Waals surface area (Å²) in [5.74, 6) is 0. The first-order valence-electron chi connectivity index (χ1n) is 6.22. The van der Waals surface area contributed by atoms with Crippen molar-refractivity contribution in [2.75, 3.05) is 33.8 Å². The van der Waals surface area contributed by atoms with Crippen LogP contribution >= 0.6 is 0 Å². The summed E-state index contributed by atoms with van der Waals surface area (Å²) in [6.07, 6.45) is 10.2. The van der Waals surface area contributed by atoms with Gasteiger partial charge in [-0.2, -0.15) is 0 Å². The van der Waals surface area contributed by atoms with Gasteiger partial charge < -0.3 is 9.22 Å². The van der Waals surface area contributed by atoms with Crippen LogP contribution in [0.4, 0.5) is 0 Å². The Morgan fingerprint density at radius 1 is 1.27 bits per heavy atom. The number of quaternary nitrogens is 1. The molecule has 1 atom stereocenters. The van der Waals surface area contributed by atoms with Crippen molar-refractivity contribution < 1.29 is 9.22 Å². The lowest BCUT2D eigenvalue weighted by atomic mass is 10.2. The summed E-state index contributed by atoms with van der Waals surface area (Å²) in [7, 11) is 4.61. The molecule has 0 radical (unpaired) electrons. The van der Waals surface area contributed by atoms with Gasteiger partial charge in [-0.3, -0.25) is 0 Å². The molecule has 0 bridgehead atoms. The third-order valence-electron chi connectivity index (χ3n) is 2.86. The van der Waals surface area contributed by atoms with E-state index in [-0.39, 0.29) is 0 Å². The molecule has 1 rings (SSSR count). The number of ether oxygens (including phenoxy) is 1. The van der Waals surface area contributed by atoms with Crippen molar-refractivity contribution in [3.05, 3.63) is 12.2 Å². The summed E-state index contributed by atoms with van der Waals surface area (Å²) in [4.78, 5) is 0. The number of hydrogen-bond donors (Lipinski definition) is 0. The van der Waals surface area contributed by atoms with Crippen molar-refractivity contribution in [2.45, 2.75) is 38.7 Å². The van der Waals surface area contributed by atoms with Crippen LogP contribution in [0.5, 0.6) is 0 Å². The molecule has 1 saturated heterocycles. The van der Waals surface area contributed by atoms with Crippen LogP contribution in [0.15, 0.2) is 12.2 Å². The molecule has 1 aliphatic heterocycles. The topological polar surface area (TPSA) is 12.5 Å². The van der Waals surface area contributed by atoms with E-state index in [1.807, 2.05) is 0 Å². The van der Waals surface area contributed by atoms with Crippen LogP contribution in [0.1, 0.15) is 32.6 Å². The standard InChI is InChI=1S/C13H26NO/c1-4-5-6-7-8-9-10-14(2,3)11-13-12-15-13/h6-7,13H,4-5,8-12H2,1-3H3/q+1/b7-6+. The molecule has 1 unspecified atom stereocenters. The second-order valence-corrected chi connectivity index (χ2v) is 5.20. The minimum atomic E-state index is 0.552. The molecular formula is C13H26NO+. The van der Waals surface area contributed by atoms with E-state index in [0.717, 1.165) is 11.1 Å². The summed E-state index contributed by atoms with van der Waals surface area (Å²) in [5.41, 5.74) is 0. The van der Waals surface area contributed by atoms with Gasteiger partial charge in [-0.1, -0.05) is 25.5 Å². The second kappa shape index (κ2) is 6.29. The van der Waals surface area contributed by atoms with Crippen LogP contribution in [0.2, 0.25) is 0 Å². The minimum Gasteiger partial charge on any atom is -0.367 e. The highest BCUT2D eigenvalue weighted by atomic mass is 16.6. The molecule has 1 heterocycles. The van der Waals surface area contributed by atoms with Crippen LogP contribution < -0.4 is 0 Å². The lowest BCUT2D eigenvalue weighted by Crippen LogP contribution is -2.43. The minimum absolute atomic E-state index is 0.552. The molecule has 0 saturated carbocycles. The first-order valence-corrected chi connectivity index (χ1v) is 6.22. The summed E-state index contributed by atoms with van der Waals surface area (Å²) in [5, 5.41) is 0. The van der Waals surface area contributed by atoms with Crippen LogP contribution in [0, 0.1) is 0 Å². The van der Waals surface area contributed by atoms with Crippen molar-refractivity contribution in [1.29, 1.82) is 0 Å². The van der Waals surface area contributed by atoms with Gasteiger partial charge >= 0.3 is 0 Å². The van der Waals surface area contributed by atoms with Gasteiger partial charge in [0, 0.05) is 0 Å². The maximum atomic E-state index is 5.27.